The number of nitrogens with zero attached hydrogens (tertiary/aromatic N) is 1. The van der Waals surface area contributed by atoms with Gasteiger partial charge < -0.3 is 9.88 Å². The first kappa shape index (κ1) is 12.4. The van der Waals surface area contributed by atoms with Gasteiger partial charge in [-0.3, -0.25) is 9.59 Å². The monoisotopic (exact) mass is 262 g/mol. The molecule has 0 atom stereocenters. The Morgan fingerprint density at radius 3 is 2.72 bits per heavy atom. The summed E-state index contributed by atoms with van der Waals surface area (Å²) in [6, 6.07) is 9.71. The molecule has 0 aliphatic carbocycles. The summed E-state index contributed by atoms with van der Waals surface area (Å²) in [6.45, 7) is 0. The van der Waals surface area contributed by atoms with Crippen LogP contribution in [0.5, 0.6) is 0 Å². The number of aromatic nitrogens is 1. The van der Waals surface area contributed by atoms with E-state index in [1.54, 1.807) is 31.3 Å². The average molecular weight is 263 g/mol. The van der Waals surface area contributed by atoms with E-state index in [2.05, 4.69) is 5.32 Å². The Bertz CT molecular complexity index is 649. The molecule has 0 fully saturated rings. The van der Waals surface area contributed by atoms with Crippen LogP contribution in [-0.2, 0) is 7.05 Å². The number of carbonyl (C=O) groups is 1. The maximum absolute atomic E-state index is 11.9. The van der Waals surface area contributed by atoms with Gasteiger partial charge in [-0.1, -0.05) is 17.7 Å². The van der Waals surface area contributed by atoms with Crippen LogP contribution in [0.2, 0.25) is 5.02 Å². The van der Waals surface area contributed by atoms with Gasteiger partial charge in [-0.25, -0.2) is 0 Å². The lowest BCUT2D eigenvalue weighted by Gasteiger charge is -2.06. The molecular formula is C13H11ClN2O2. The minimum atomic E-state index is -0.284. The van der Waals surface area contributed by atoms with E-state index >= 15 is 0 Å². The minimum absolute atomic E-state index is 0.158. The topological polar surface area (TPSA) is 51.1 Å². The third-order valence-corrected chi connectivity index (χ3v) is 2.67. The van der Waals surface area contributed by atoms with Crippen molar-refractivity contribution in [2.45, 2.75) is 0 Å². The molecule has 0 aliphatic rings. The summed E-state index contributed by atoms with van der Waals surface area (Å²) in [4.78, 5) is 23.1. The molecule has 2 rings (SSSR count). The number of aryl methyl sites for hydroxylation is 1. The lowest BCUT2D eigenvalue weighted by Crippen LogP contribution is -2.19. The molecule has 5 heteroatoms. The Balaban J connectivity index is 2.22. The van der Waals surface area contributed by atoms with Gasteiger partial charge in [-0.15, -0.1) is 0 Å². The van der Waals surface area contributed by atoms with Gasteiger partial charge in [0.15, 0.2) is 0 Å². The Kier molecular flexibility index (Phi) is 3.48. The van der Waals surface area contributed by atoms with Crippen molar-refractivity contribution in [1.29, 1.82) is 0 Å². The third kappa shape index (κ3) is 2.78. The first-order chi connectivity index (χ1) is 8.56. The highest BCUT2D eigenvalue weighted by molar-refractivity contribution is 6.30. The normalized spacial score (nSPS) is 10.1. The third-order valence-electron chi connectivity index (χ3n) is 2.43. The van der Waals surface area contributed by atoms with Crippen molar-refractivity contribution in [3.63, 3.8) is 0 Å². The number of anilines is 1. The molecule has 1 heterocycles. The summed E-state index contributed by atoms with van der Waals surface area (Å²) in [6.07, 6.45) is 1.49. The van der Waals surface area contributed by atoms with Crippen molar-refractivity contribution in [1.82, 2.24) is 4.57 Å². The number of carbonyl (C=O) groups excluding carboxylic acids is 1. The van der Waals surface area contributed by atoms with E-state index in [0.717, 1.165) is 0 Å². The zero-order valence-corrected chi connectivity index (χ0v) is 10.4. The highest BCUT2D eigenvalue weighted by Gasteiger charge is 2.07. The quantitative estimate of drug-likeness (QED) is 0.903. The Morgan fingerprint density at radius 2 is 2.06 bits per heavy atom. The van der Waals surface area contributed by atoms with Crippen molar-refractivity contribution in [2.24, 2.45) is 7.05 Å². The molecule has 1 N–H and O–H groups in total. The van der Waals surface area contributed by atoms with Crippen LogP contribution in [-0.4, -0.2) is 10.5 Å². The number of hydrogen-bond acceptors (Lipinski definition) is 2. The molecule has 0 radical (unpaired) electrons. The fourth-order valence-corrected chi connectivity index (χ4v) is 1.69. The summed E-state index contributed by atoms with van der Waals surface area (Å²) < 4.78 is 1.35. The van der Waals surface area contributed by atoms with E-state index in [9.17, 15) is 9.59 Å². The van der Waals surface area contributed by atoms with Gasteiger partial charge in [0.1, 0.15) is 0 Å². The summed E-state index contributed by atoms with van der Waals surface area (Å²) in [5.74, 6) is -0.284. The number of rotatable bonds is 2. The molecule has 0 spiro atoms. The predicted molar refractivity (Wildman–Crippen MR) is 71.1 cm³/mol. The maximum Gasteiger partial charge on any atom is 0.257 e. The van der Waals surface area contributed by atoms with Gasteiger partial charge in [0.2, 0.25) is 5.56 Å². The Labute approximate surface area is 109 Å². The molecule has 2 aromatic rings. The lowest BCUT2D eigenvalue weighted by atomic mass is 10.2. The van der Waals surface area contributed by atoms with Crippen LogP contribution in [0, 0.1) is 0 Å². The maximum atomic E-state index is 11.9. The molecule has 1 aromatic carbocycles. The van der Waals surface area contributed by atoms with Crippen LogP contribution >= 0.6 is 11.6 Å². The predicted octanol–water partition coefficient (Wildman–Crippen LogP) is 2.29. The summed E-state index contributed by atoms with van der Waals surface area (Å²) in [5.41, 5.74) is 0.868. The van der Waals surface area contributed by atoms with Gasteiger partial charge in [-0.2, -0.15) is 0 Å². The van der Waals surface area contributed by atoms with E-state index < -0.39 is 0 Å². The molecule has 92 valence electrons. The largest absolute Gasteiger partial charge is 0.322 e. The molecule has 0 aliphatic heterocycles. The minimum Gasteiger partial charge on any atom is -0.322 e. The van der Waals surface area contributed by atoms with Crippen LogP contribution < -0.4 is 10.9 Å². The van der Waals surface area contributed by atoms with Crippen LogP contribution in [0.3, 0.4) is 0 Å². The van der Waals surface area contributed by atoms with E-state index in [0.29, 0.717) is 16.3 Å². The highest BCUT2D eigenvalue weighted by Crippen LogP contribution is 2.15. The van der Waals surface area contributed by atoms with E-state index in [1.165, 1.54) is 22.9 Å². The summed E-state index contributed by atoms with van der Waals surface area (Å²) in [7, 11) is 1.60. The van der Waals surface area contributed by atoms with Crippen molar-refractivity contribution in [3.8, 4) is 0 Å². The zero-order chi connectivity index (χ0) is 13.1. The van der Waals surface area contributed by atoms with Gasteiger partial charge in [0, 0.05) is 30.0 Å². The molecule has 18 heavy (non-hydrogen) atoms. The van der Waals surface area contributed by atoms with Crippen LogP contribution in [0.25, 0.3) is 0 Å². The second-order valence-electron chi connectivity index (χ2n) is 3.83. The molecule has 1 aromatic heterocycles. The van der Waals surface area contributed by atoms with Crippen molar-refractivity contribution < 1.29 is 4.79 Å². The fourth-order valence-electron chi connectivity index (χ4n) is 1.50. The number of pyridine rings is 1. The molecule has 4 nitrogen and oxygen atoms in total. The van der Waals surface area contributed by atoms with Crippen molar-refractivity contribution >= 4 is 23.2 Å². The lowest BCUT2D eigenvalue weighted by molar-refractivity contribution is 0.102. The second kappa shape index (κ2) is 5.06. The van der Waals surface area contributed by atoms with Gasteiger partial charge in [0.05, 0.1) is 5.56 Å². The SMILES string of the molecule is Cn1cc(C(=O)Nc2cccc(Cl)c2)ccc1=O. The van der Waals surface area contributed by atoms with Crippen LogP contribution in [0.15, 0.2) is 47.4 Å². The molecule has 0 bridgehead atoms. The van der Waals surface area contributed by atoms with Gasteiger partial charge >= 0.3 is 0 Å². The molecule has 0 saturated carbocycles. The molecule has 0 unspecified atom stereocenters. The molecule has 1 amide bonds. The summed E-state index contributed by atoms with van der Waals surface area (Å²) >= 11 is 5.82. The summed E-state index contributed by atoms with van der Waals surface area (Å²) in [5, 5.41) is 3.26. The standard InChI is InChI=1S/C13H11ClN2O2/c1-16-8-9(5-6-12(16)17)13(18)15-11-4-2-3-10(14)7-11/h2-8H,1H3,(H,15,18). The average Bonchev–Trinajstić information content (AvgIpc) is 2.32. The van der Waals surface area contributed by atoms with Crippen LogP contribution in [0.1, 0.15) is 10.4 Å². The van der Waals surface area contributed by atoms with Gasteiger partial charge in [0.25, 0.3) is 5.91 Å². The number of benzene rings is 1. The highest BCUT2D eigenvalue weighted by atomic mass is 35.5. The Morgan fingerprint density at radius 1 is 1.28 bits per heavy atom. The number of amides is 1. The zero-order valence-electron chi connectivity index (χ0n) is 9.68. The van der Waals surface area contributed by atoms with Crippen molar-refractivity contribution in [2.75, 3.05) is 5.32 Å². The van der Waals surface area contributed by atoms with E-state index in [-0.39, 0.29) is 11.5 Å². The van der Waals surface area contributed by atoms with E-state index in [1.807, 2.05) is 0 Å². The molecular weight excluding hydrogens is 252 g/mol. The number of nitrogens with one attached hydrogen (secondary N) is 1. The smallest absolute Gasteiger partial charge is 0.257 e. The Hall–Kier alpha value is -2.07. The van der Waals surface area contributed by atoms with Crippen molar-refractivity contribution in [3.05, 3.63) is 63.5 Å². The van der Waals surface area contributed by atoms with Gasteiger partial charge in [-0.05, 0) is 24.3 Å². The number of halogens is 1. The number of hydrogen-bond donors (Lipinski definition) is 1. The molecule has 0 saturated heterocycles. The first-order valence-corrected chi connectivity index (χ1v) is 5.67. The fraction of sp³-hybridized carbons (Fsp3) is 0.0769. The van der Waals surface area contributed by atoms with E-state index in [4.69, 9.17) is 11.6 Å². The van der Waals surface area contributed by atoms with Crippen LogP contribution in [0.4, 0.5) is 5.69 Å². The first-order valence-electron chi connectivity index (χ1n) is 5.30. The second-order valence-corrected chi connectivity index (χ2v) is 4.27.